The molecule has 5 heteroatoms. The van der Waals surface area contributed by atoms with Gasteiger partial charge in [0.05, 0.1) is 11.4 Å². The Labute approximate surface area is 121 Å². The van der Waals surface area contributed by atoms with Crippen molar-refractivity contribution in [3.05, 3.63) is 65.3 Å². The maximum Gasteiger partial charge on any atom is 0.250 e. The van der Waals surface area contributed by atoms with Crippen LogP contribution >= 0.6 is 0 Å². The number of benzene rings is 1. The Morgan fingerprint density at radius 3 is 2.10 bits per heavy atom. The zero-order valence-electron chi connectivity index (χ0n) is 11.5. The minimum Gasteiger partial charge on any atom is -0.399 e. The molecule has 21 heavy (non-hydrogen) atoms. The molecule has 0 saturated carbocycles. The summed E-state index contributed by atoms with van der Waals surface area (Å²) in [6, 6.07) is 10.8. The van der Waals surface area contributed by atoms with E-state index in [4.69, 9.17) is 5.73 Å². The third-order valence-corrected chi connectivity index (χ3v) is 3.24. The van der Waals surface area contributed by atoms with E-state index >= 15 is 0 Å². The van der Waals surface area contributed by atoms with E-state index in [9.17, 15) is 4.79 Å². The number of anilines is 1. The summed E-state index contributed by atoms with van der Waals surface area (Å²) in [7, 11) is 1.71. The zero-order valence-corrected chi connectivity index (χ0v) is 11.5. The highest BCUT2D eigenvalue weighted by atomic mass is 16.1. The van der Waals surface area contributed by atoms with Crippen LogP contribution in [0, 0.1) is 0 Å². The van der Waals surface area contributed by atoms with Crippen molar-refractivity contribution in [1.82, 2.24) is 14.5 Å². The monoisotopic (exact) mass is 278 g/mol. The van der Waals surface area contributed by atoms with Gasteiger partial charge in [-0.2, -0.15) is 0 Å². The summed E-state index contributed by atoms with van der Waals surface area (Å²) in [4.78, 5) is 20.3. The second kappa shape index (κ2) is 5.20. The van der Waals surface area contributed by atoms with E-state index in [1.165, 1.54) is 10.6 Å². The van der Waals surface area contributed by atoms with E-state index in [0.29, 0.717) is 5.69 Å². The van der Waals surface area contributed by atoms with Gasteiger partial charge in [0.15, 0.2) is 0 Å². The third-order valence-electron chi connectivity index (χ3n) is 3.24. The van der Waals surface area contributed by atoms with Gasteiger partial charge in [0.1, 0.15) is 0 Å². The van der Waals surface area contributed by atoms with Gasteiger partial charge in [-0.05, 0) is 18.2 Å². The topological polar surface area (TPSA) is 73.8 Å². The maximum atomic E-state index is 11.5. The first-order chi connectivity index (χ1) is 10.1. The van der Waals surface area contributed by atoms with E-state index in [1.807, 2.05) is 24.3 Å². The van der Waals surface area contributed by atoms with Crippen LogP contribution in [-0.4, -0.2) is 14.5 Å². The lowest BCUT2D eigenvalue weighted by Gasteiger charge is -2.09. The van der Waals surface area contributed by atoms with Gasteiger partial charge >= 0.3 is 0 Å². The summed E-state index contributed by atoms with van der Waals surface area (Å²) in [5.41, 5.74) is 9.63. The summed E-state index contributed by atoms with van der Waals surface area (Å²) >= 11 is 0. The molecule has 3 aromatic rings. The molecule has 0 aliphatic heterocycles. The molecular weight excluding hydrogens is 264 g/mol. The molecule has 3 rings (SSSR count). The van der Waals surface area contributed by atoms with Crippen molar-refractivity contribution in [2.24, 2.45) is 7.05 Å². The molecule has 0 radical (unpaired) electrons. The van der Waals surface area contributed by atoms with E-state index in [1.54, 1.807) is 31.7 Å². The number of aromatic nitrogens is 3. The third kappa shape index (κ3) is 2.53. The van der Waals surface area contributed by atoms with Crippen LogP contribution in [0.4, 0.5) is 5.69 Å². The number of rotatable bonds is 2. The van der Waals surface area contributed by atoms with Crippen molar-refractivity contribution >= 4 is 5.69 Å². The molecule has 2 heterocycles. The summed E-state index contributed by atoms with van der Waals surface area (Å²) in [5, 5.41) is 0. The van der Waals surface area contributed by atoms with Gasteiger partial charge in [-0.3, -0.25) is 14.8 Å². The first-order valence-corrected chi connectivity index (χ1v) is 6.49. The zero-order chi connectivity index (χ0) is 14.8. The predicted octanol–water partition coefficient (Wildman–Crippen LogP) is 2.09. The molecule has 104 valence electrons. The molecule has 0 fully saturated rings. The fourth-order valence-corrected chi connectivity index (χ4v) is 2.14. The molecule has 2 N–H and O–H groups in total. The lowest BCUT2D eigenvalue weighted by Crippen LogP contribution is -2.14. The van der Waals surface area contributed by atoms with E-state index in [-0.39, 0.29) is 5.56 Å². The second-order valence-electron chi connectivity index (χ2n) is 4.74. The van der Waals surface area contributed by atoms with Crippen LogP contribution in [0.3, 0.4) is 0 Å². The van der Waals surface area contributed by atoms with E-state index < -0.39 is 0 Å². The van der Waals surface area contributed by atoms with Crippen LogP contribution < -0.4 is 11.3 Å². The lowest BCUT2D eigenvalue weighted by molar-refractivity contribution is 0.861. The molecule has 0 spiro atoms. The van der Waals surface area contributed by atoms with E-state index in [0.717, 1.165) is 22.5 Å². The van der Waals surface area contributed by atoms with Gasteiger partial charge in [-0.1, -0.05) is 12.1 Å². The highest BCUT2D eigenvalue weighted by Gasteiger charge is 2.10. The Morgan fingerprint density at radius 1 is 0.905 bits per heavy atom. The minimum absolute atomic E-state index is 0.0586. The number of hydrogen-bond donors (Lipinski definition) is 1. The van der Waals surface area contributed by atoms with E-state index in [2.05, 4.69) is 9.97 Å². The average molecular weight is 278 g/mol. The summed E-state index contributed by atoms with van der Waals surface area (Å²) in [5.74, 6) is 0. The van der Waals surface area contributed by atoms with Gasteiger partial charge in [0.2, 0.25) is 5.56 Å². The van der Waals surface area contributed by atoms with Crippen molar-refractivity contribution in [3.63, 3.8) is 0 Å². The first-order valence-electron chi connectivity index (χ1n) is 6.49. The summed E-state index contributed by atoms with van der Waals surface area (Å²) in [6.45, 7) is 0. The van der Waals surface area contributed by atoms with Crippen molar-refractivity contribution in [2.75, 3.05) is 5.73 Å². The quantitative estimate of drug-likeness (QED) is 0.728. The van der Waals surface area contributed by atoms with Crippen LogP contribution in [-0.2, 0) is 7.05 Å². The van der Waals surface area contributed by atoms with Crippen molar-refractivity contribution in [3.8, 4) is 22.5 Å². The Hall–Kier alpha value is -2.95. The molecule has 0 saturated heterocycles. The smallest absolute Gasteiger partial charge is 0.250 e. The number of nitrogens with zero attached hydrogens (tertiary/aromatic N) is 3. The Bertz CT molecular complexity index is 837. The molecule has 5 nitrogen and oxygen atoms in total. The Morgan fingerprint density at radius 2 is 1.48 bits per heavy atom. The van der Waals surface area contributed by atoms with Crippen LogP contribution in [0.5, 0.6) is 0 Å². The molecule has 1 aromatic carbocycles. The van der Waals surface area contributed by atoms with Crippen LogP contribution in [0.25, 0.3) is 22.5 Å². The van der Waals surface area contributed by atoms with Gasteiger partial charge in [0, 0.05) is 48.5 Å². The SMILES string of the molecule is Cn1cc(-c2nccnc2-c2ccc(N)cc2)ccc1=O. The molecule has 0 atom stereocenters. The molecule has 0 unspecified atom stereocenters. The van der Waals surface area contributed by atoms with Gasteiger partial charge in [0.25, 0.3) is 0 Å². The normalized spacial score (nSPS) is 10.5. The molecule has 0 bridgehead atoms. The Balaban J connectivity index is 2.17. The van der Waals surface area contributed by atoms with Gasteiger partial charge in [-0.15, -0.1) is 0 Å². The fourth-order valence-electron chi connectivity index (χ4n) is 2.14. The second-order valence-corrected chi connectivity index (χ2v) is 4.74. The lowest BCUT2D eigenvalue weighted by atomic mass is 10.1. The van der Waals surface area contributed by atoms with Crippen LogP contribution in [0.2, 0.25) is 0 Å². The molecule has 0 aliphatic rings. The molecule has 0 aliphatic carbocycles. The summed E-state index contributed by atoms with van der Waals surface area (Å²) < 4.78 is 1.52. The highest BCUT2D eigenvalue weighted by Crippen LogP contribution is 2.27. The number of pyridine rings is 1. The Kier molecular flexibility index (Phi) is 3.23. The molecule has 0 amide bonds. The van der Waals surface area contributed by atoms with Crippen molar-refractivity contribution in [1.29, 1.82) is 0 Å². The maximum absolute atomic E-state index is 11.5. The predicted molar refractivity (Wildman–Crippen MR) is 82.6 cm³/mol. The number of aryl methyl sites for hydroxylation is 1. The number of hydrogen-bond acceptors (Lipinski definition) is 4. The van der Waals surface area contributed by atoms with Gasteiger partial charge in [-0.25, -0.2) is 0 Å². The number of nitrogen functional groups attached to an aromatic ring is 1. The highest BCUT2D eigenvalue weighted by molar-refractivity contribution is 5.77. The molecule has 2 aromatic heterocycles. The van der Waals surface area contributed by atoms with Crippen molar-refractivity contribution in [2.45, 2.75) is 0 Å². The largest absolute Gasteiger partial charge is 0.399 e. The number of nitrogens with two attached hydrogens (primary N) is 1. The summed E-state index contributed by atoms with van der Waals surface area (Å²) in [6.07, 6.45) is 5.05. The first kappa shape index (κ1) is 13.1. The van der Waals surface area contributed by atoms with Gasteiger partial charge < -0.3 is 10.3 Å². The van der Waals surface area contributed by atoms with Crippen LogP contribution in [0.15, 0.2) is 59.8 Å². The standard InChI is InChI=1S/C16H14N4O/c1-20-10-12(4-7-14(20)21)16-15(18-8-9-19-16)11-2-5-13(17)6-3-11/h2-10H,17H2,1H3. The average Bonchev–Trinajstić information content (AvgIpc) is 2.51. The fraction of sp³-hybridized carbons (Fsp3) is 0.0625. The minimum atomic E-state index is -0.0586. The van der Waals surface area contributed by atoms with Crippen molar-refractivity contribution < 1.29 is 0 Å². The van der Waals surface area contributed by atoms with Crippen LogP contribution in [0.1, 0.15) is 0 Å². The molecular formula is C16H14N4O.